The Morgan fingerprint density at radius 3 is 2.75 bits per heavy atom. The van der Waals surface area contributed by atoms with Gasteiger partial charge in [-0.15, -0.1) is 0 Å². The Bertz CT molecular complexity index is 765. The summed E-state index contributed by atoms with van der Waals surface area (Å²) >= 11 is 0. The molecule has 3 aromatic rings. The zero-order valence-electron chi connectivity index (χ0n) is 11.4. The summed E-state index contributed by atoms with van der Waals surface area (Å²) in [5.41, 5.74) is 2.48. The molecule has 0 bridgehead atoms. The summed E-state index contributed by atoms with van der Waals surface area (Å²) in [5.74, 6) is 1.07. The smallest absolute Gasteiger partial charge is 0.222 e. The number of aryl methyl sites for hydroxylation is 2. The van der Waals surface area contributed by atoms with Gasteiger partial charge in [0.1, 0.15) is 0 Å². The van der Waals surface area contributed by atoms with E-state index in [1.165, 1.54) is 0 Å². The first-order chi connectivity index (χ1) is 9.67. The van der Waals surface area contributed by atoms with Gasteiger partial charge >= 0.3 is 0 Å². The molecule has 1 aromatic carbocycles. The van der Waals surface area contributed by atoms with Crippen LogP contribution in [-0.4, -0.2) is 19.9 Å². The van der Waals surface area contributed by atoms with Crippen molar-refractivity contribution in [3.05, 3.63) is 47.7 Å². The second kappa shape index (κ2) is 4.94. The minimum Gasteiger partial charge on any atom is -0.421 e. The van der Waals surface area contributed by atoms with Crippen LogP contribution in [0.15, 0.2) is 36.4 Å². The Balaban J connectivity index is 2.06. The van der Waals surface area contributed by atoms with Crippen LogP contribution in [0, 0.1) is 6.92 Å². The molecule has 0 radical (unpaired) electrons. The molecule has 2 aromatic heterocycles. The minimum absolute atomic E-state index is 0.0518. The number of hydrogen-bond donors (Lipinski definition) is 1. The highest BCUT2D eigenvalue weighted by molar-refractivity contribution is 5.82. The summed E-state index contributed by atoms with van der Waals surface area (Å²) in [6, 6.07) is 11.3. The third-order valence-electron chi connectivity index (χ3n) is 3.12. The molecule has 0 saturated carbocycles. The Hall–Kier alpha value is -2.40. The van der Waals surface area contributed by atoms with E-state index in [-0.39, 0.29) is 6.61 Å². The third-order valence-corrected chi connectivity index (χ3v) is 3.12. The van der Waals surface area contributed by atoms with Crippen LogP contribution in [0.4, 0.5) is 0 Å². The first kappa shape index (κ1) is 12.6. The van der Waals surface area contributed by atoms with Gasteiger partial charge in [-0.3, -0.25) is 0 Å². The molecule has 1 N–H and O–H groups in total. The minimum atomic E-state index is -0.0518. The molecule has 0 atom stereocenters. The highest BCUT2D eigenvalue weighted by Gasteiger charge is 2.09. The molecule has 2 heterocycles. The van der Waals surface area contributed by atoms with E-state index in [1.807, 2.05) is 44.3 Å². The summed E-state index contributed by atoms with van der Waals surface area (Å²) in [4.78, 5) is 4.46. The van der Waals surface area contributed by atoms with Gasteiger partial charge in [0.05, 0.1) is 17.8 Å². The molecule has 102 valence electrons. The molecule has 0 spiro atoms. The maximum atomic E-state index is 9.48. The largest absolute Gasteiger partial charge is 0.421 e. The van der Waals surface area contributed by atoms with E-state index in [2.05, 4.69) is 10.1 Å². The van der Waals surface area contributed by atoms with Crippen molar-refractivity contribution in [3.63, 3.8) is 0 Å². The maximum absolute atomic E-state index is 9.48. The van der Waals surface area contributed by atoms with Crippen LogP contribution in [0.5, 0.6) is 11.8 Å². The van der Waals surface area contributed by atoms with Crippen molar-refractivity contribution in [2.24, 2.45) is 7.05 Å². The summed E-state index contributed by atoms with van der Waals surface area (Å²) in [7, 11) is 1.82. The molecule has 5 heteroatoms. The zero-order chi connectivity index (χ0) is 14.1. The highest BCUT2D eigenvalue weighted by atomic mass is 16.5. The van der Waals surface area contributed by atoms with E-state index in [1.54, 1.807) is 10.7 Å². The van der Waals surface area contributed by atoms with Crippen LogP contribution in [0.2, 0.25) is 0 Å². The second-order valence-corrected chi connectivity index (χ2v) is 4.64. The Labute approximate surface area is 116 Å². The lowest BCUT2D eigenvalue weighted by atomic mass is 10.1. The topological polar surface area (TPSA) is 60.2 Å². The van der Waals surface area contributed by atoms with Crippen LogP contribution in [-0.2, 0) is 13.7 Å². The van der Waals surface area contributed by atoms with Crippen molar-refractivity contribution < 1.29 is 9.84 Å². The van der Waals surface area contributed by atoms with E-state index >= 15 is 0 Å². The fourth-order valence-corrected chi connectivity index (χ4v) is 2.19. The fraction of sp³-hybridized carbons (Fsp3) is 0.200. The average molecular weight is 269 g/mol. The SMILES string of the molecule is Cc1cc(Oc2cc(CO)c3ccccc3n2)n(C)n1. The molecule has 0 saturated heterocycles. The van der Waals surface area contributed by atoms with Crippen molar-refractivity contribution in [2.75, 3.05) is 0 Å². The molecular formula is C15H15N3O2. The van der Waals surface area contributed by atoms with Gasteiger partial charge in [0.15, 0.2) is 0 Å². The maximum Gasteiger partial charge on any atom is 0.222 e. The van der Waals surface area contributed by atoms with Gasteiger partial charge in [0, 0.05) is 24.6 Å². The number of nitrogens with zero attached hydrogens (tertiary/aromatic N) is 3. The lowest BCUT2D eigenvalue weighted by molar-refractivity contribution is 0.282. The Morgan fingerprint density at radius 1 is 1.25 bits per heavy atom. The number of fused-ring (bicyclic) bond motifs is 1. The molecular weight excluding hydrogens is 254 g/mol. The molecule has 0 unspecified atom stereocenters. The third kappa shape index (κ3) is 2.23. The van der Waals surface area contributed by atoms with Crippen LogP contribution < -0.4 is 4.74 Å². The van der Waals surface area contributed by atoms with Gasteiger partial charge in [0.25, 0.3) is 0 Å². The van der Waals surface area contributed by atoms with Gasteiger partial charge in [-0.1, -0.05) is 18.2 Å². The summed E-state index contributed by atoms with van der Waals surface area (Å²) in [6.45, 7) is 1.85. The van der Waals surface area contributed by atoms with Crippen LogP contribution in [0.25, 0.3) is 10.9 Å². The summed E-state index contributed by atoms with van der Waals surface area (Å²) < 4.78 is 7.42. The van der Waals surface area contributed by atoms with Crippen molar-refractivity contribution >= 4 is 10.9 Å². The van der Waals surface area contributed by atoms with E-state index in [4.69, 9.17) is 4.74 Å². The quantitative estimate of drug-likeness (QED) is 0.793. The average Bonchev–Trinajstić information content (AvgIpc) is 2.76. The summed E-state index contributed by atoms with van der Waals surface area (Å²) in [6.07, 6.45) is 0. The van der Waals surface area contributed by atoms with Gasteiger partial charge in [0.2, 0.25) is 11.8 Å². The molecule has 5 nitrogen and oxygen atoms in total. The number of ether oxygens (including phenoxy) is 1. The molecule has 0 aliphatic carbocycles. The van der Waals surface area contributed by atoms with Gasteiger partial charge < -0.3 is 9.84 Å². The lowest BCUT2D eigenvalue weighted by Crippen LogP contribution is -1.98. The van der Waals surface area contributed by atoms with Crippen LogP contribution in [0.1, 0.15) is 11.3 Å². The van der Waals surface area contributed by atoms with Gasteiger partial charge in [-0.2, -0.15) is 5.10 Å². The second-order valence-electron chi connectivity index (χ2n) is 4.64. The van der Waals surface area contributed by atoms with E-state index in [0.717, 1.165) is 22.2 Å². The number of para-hydroxylation sites is 1. The van der Waals surface area contributed by atoms with Crippen LogP contribution >= 0.6 is 0 Å². The van der Waals surface area contributed by atoms with E-state index in [9.17, 15) is 5.11 Å². The van der Waals surface area contributed by atoms with E-state index < -0.39 is 0 Å². The zero-order valence-corrected chi connectivity index (χ0v) is 11.4. The fourth-order valence-electron chi connectivity index (χ4n) is 2.19. The molecule has 0 aliphatic heterocycles. The molecule has 3 rings (SSSR count). The van der Waals surface area contributed by atoms with Crippen molar-refractivity contribution in [1.29, 1.82) is 0 Å². The number of aliphatic hydroxyl groups excluding tert-OH is 1. The first-order valence-corrected chi connectivity index (χ1v) is 6.35. The highest BCUT2D eigenvalue weighted by Crippen LogP contribution is 2.25. The number of benzene rings is 1. The number of aliphatic hydroxyl groups is 1. The lowest BCUT2D eigenvalue weighted by Gasteiger charge is -2.08. The number of hydrogen-bond acceptors (Lipinski definition) is 4. The van der Waals surface area contributed by atoms with Crippen LogP contribution in [0.3, 0.4) is 0 Å². The molecule has 0 aliphatic rings. The van der Waals surface area contributed by atoms with Gasteiger partial charge in [-0.25, -0.2) is 9.67 Å². The normalized spacial score (nSPS) is 10.9. The predicted molar refractivity (Wildman–Crippen MR) is 75.7 cm³/mol. The summed E-state index contributed by atoms with van der Waals surface area (Å²) in [5, 5.41) is 14.6. The predicted octanol–water partition coefficient (Wildman–Crippen LogP) is 2.56. The van der Waals surface area contributed by atoms with E-state index in [0.29, 0.717) is 11.8 Å². The first-order valence-electron chi connectivity index (χ1n) is 6.35. The molecule has 20 heavy (non-hydrogen) atoms. The van der Waals surface area contributed by atoms with Gasteiger partial charge in [-0.05, 0) is 18.6 Å². The van der Waals surface area contributed by atoms with Crippen molar-refractivity contribution in [3.8, 4) is 11.8 Å². The standard InChI is InChI=1S/C15H15N3O2/c1-10-7-15(18(2)17-10)20-14-8-11(9-19)12-5-3-4-6-13(12)16-14/h3-8,19H,9H2,1-2H3. The number of rotatable bonds is 3. The van der Waals surface area contributed by atoms with Crippen molar-refractivity contribution in [2.45, 2.75) is 13.5 Å². The Kier molecular flexibility index (Phi) is 3.12. The monoisotopic (exact) mass is 269 g/mol. The molecule has 0 amide bonds. The van der Waals surface area contributed by atoms with Crippen molar-refractivity contribution in [1.82, 2.24) is 14.8 Å². The number of pyridine rings is 1. The number of aromatic nitrogens is 3. The molecule has 0 fully saturated rings. The Morgan fingerprint density at radius 2 is 2.05 bits per heavy atom.